The second-order valence-electron chi connectivity index (χ2n) is 4.37. The van der Waals surface area contributed by atoms with Gasteiger partial charge in [-0.05, 0) is 80.6 Å². The SMILES string of the molecule is C=Cc1ccc(S(=O)(=O)Oc2c(I)cc(C(=O)[O-])cc2I)cc1. The van der Waals surface area contributed by atoms with Crippen LogP contribution in [0.25, 0.3) is 6.08 Å². The molecule has 0 fully saturated rings. The minimum atomic E-state index is -4.02. The molecule has 0 aliphatic rings. The first-order chi connectivity index (χ1) is 10.7. The lowest BCUT2D eigenvalue weighted by Gasteiger charge is -2.13. The number of benzene rings is 2. The Morgan fingerprint density at radius 2 is 1.65 bits per heavy atom. The number of carbonyl (C=O) groups is 1. The van der Waals surface area contributed by atoms with E-state index in [4.69, 9.17) is 4.18 Å². The summed E-state index contributed by atoms with van der Waals surface area (Å²) >= 11 is 3.63. The molecule has 0 unspecified atom stereocenters. The second kappa shape index (κ2) is 7.18. The van der Waals surface area contributed by atoms with Crippen molar-refractivity contribution in [3.05, 3.63) is 61.2 Å². The van der Waals surface area contributed by atoms with Crippen molar-refractivity contribution in [1.29, 1.82) is 0 Å². The Balaban J connectivity index is 2.40. The van der Waals surface area contributed by atoms with E-state index in [2.05, 4.69) is 6.58 Å². The lowest BCUT2D eigenvalue weighted by Crippen LogP contribution is -2.22. The molecule has 0 radical (unpaired) electrons. The van der Waals surface area contributed by atoms with Gasteiger partial charge in [0.2, 0.25) is 0 Å². The van der Waals surface area contributed by atoms with Crippen molar-refractivity contribution in [1.82, 2.24) is 0 Å². The van der Waals surface area contributed by atoms with E-state index in [0.29, 0.717) is 7.14 Å². The van der Waals surface area contributed by atoms with E-state index in [0.717, 1.165) is 5.56 Å². The molecule has 0 saturated heterocycles. The maximum absolute atomic E-state index is 12.3. The van der Waals surface area contributed by atoms with Crippen LogP contribution in [0.1, 0.15) is 15.9 Å². The van der Waals surface area contributed by atoms with Crippen molar-refractivity contribution >= 4 is 67.3 Å². The van der Waals surface area contributed by atoms with Gasteiger partial charge in [-0.3, -0.25) is 0 Å². The van der Waals surface area contributed by atoms with Crippen molar-refractivity contribution in [3.8, 4) is 5.75 Å². The van der Waals surface area contributed by atoms with Gasteiger partial charge in [0.25, 0.3) is 0 Å². The van der Waals surface area contributed by atoms with Crippen LogP contribution >= 0.6 is 45.2 Å². The van der Waals surface area contributed by atoms with Crippen LogP contribution < -0.4 is 9.29 Å². The van der Waals surface area contributed by atoms with Gasteiger partial charge < -0.3 is 14.1 Å². The van der Waals surface area contributed by atoms with Crippen molar-refractivity contribution < 1.29 is 22.5 Å². The Hall–Kier alpha value is -1.14. The summed E-state index contributed by atoms with van der Waals surface area (Å²) in [4.78, 5) is 10.9. The highest BCUT2D eigenvalue weighted by molar-refractivity contribution is 14.1. The molecule has 0 heterocycles. The molecule has 0 aliphatic carbocycles. The fraction of sp³-hybridized carbons (Fsp3) is 0. The van der Waals surface area contributed by atoms with E-state index < -0.39 is 16.1 Å². The Labute approximate surface area is 160 Å². The van der Waals surface area contributed by atoms with Crippen molar-refractivity contribution in [2.45, 2.75) is 4.90 Å². The number of carbonyl (C=O) groups excluding carboxylic acids is 1. The monoisotopic (exact) mass is 555 g/mol. The lowest BCUT2D eigenvalue weighted by molar-refractivity contribution is -0.255. The molecule has 0 aromatic heterocycles. The summed E-state index contributed by atoms with van der Waals surface area (Å²) in [7, 11) is -4.02. The third-order valence-corrected chi connectivity index (χ3v) is 5.67. The van der Waals surface area contributed by atoms with E-state index in [9.17, 15) is 18.3 Å². The van der Waals surface area contributed by atoms with E-state index >= 15 is 0 Å². The molecule has 0 bridgehead atoms. The molecule has 0 atom stereocenters. The number of hydrogen-bond acceptors (Lipinski definition) is 5. The van der Waals surface area contributed by atoms with Crippen LogP contribution in [0.2, 0.25) is 0 Å². The average Bonchev–Trinajstić information content (AvgIpc) is 2.50. The summed E-state index contributed by atoms with van der Waals surface area (Å²) < 4.78 is 30.6. The fourth-order valence-corrected chi connectivity index (χ4v) is 4.94. The Morgan fingerprint density at radius 1 is 1.13 bits per heavy atom. The quantitative estimate of drug-likeness (QED) is 0.419. The summed E-state index contributed by atoms with van der Waals surface area (Å²) in [6.07, 6.45) is 1.60. The van der Waals surface area contributed by atoms with E-state index in [1.165, 1.54) is 24.3 Å². The molecule has 2 aromatic carbocycles. The average molecular weight is 555 g/mol. The Bertz CT molecular complexity index is 850. The van der Waals surface area contributed by atoms with Crippen molar-refractivity contribution in [2.75, 3.05) is 0 Å². The van der Waals surface area contributed by atoms with Gasteiger partial charge in [0, 0.05) is 0 Å². The molecule has 120 valence electrons. The number of halogens is 2. The number of rotatable bonds is 5. The standard InChI is InChI=1S/C15H10I2O5S/c1-2-9-3-5-11(6-4-9)23(20,21)22-14-12(16)7-10(15(18)19)8-13(14)17/h2-8H,1H2,(H,18,19)/p-1. The van der Waals surface area contributed by atoms with Crippen LogP contribution in [-0.4, -0.2) is 14.4 Å². The van der Waals surface area contributed by atoms with Crippen LogP contribution in [-0.2, 0) is 10.1 Å². The van der Waals surface area contributed by atoms with Crippen molar-refractivity contribution in [3.63, 3.8) is 0 Å². The molecule has 2 aromatic rings. The molecule has 0 aliphatic heterocycles. The fourth-order valence-electron chi connectivity index (χ4n) is 1.69. The number of hydrogen-bond donors (Lipinski definition) is 0. The first-order valence-electron chi connectivity index (χ1n) is 6.12. The predicted molar refractivity (Wildman–Crippen MR) is 101 cm³/mol. The molecule has 0 spiro atoms. The molecule has 8 heteroatoms. The Morgan fingerprint density at radius 3 is 2.09 bits per heavy atom. The van der Waals surface area contributed by atoms with Crippen LogP contribution in [0, 0.1) is 7.14 Å². The highest BCUT2D eigenvalue weighted by atomic mass is 127. The molecule has 0 N–H and O–H groups in total. The zero-order chi connectivity index (χ0) is 17.2. The first kappa shape index (κ1) is 18.2. The number of carboxylic acid groups (broad SMARTS) is 1. The third-order valence-electron chi connectivity index (χ3n) is 2.83. The Kier molecular flexibility index (Phi) is 5.68. The van der Waals surface area contributed by atoms with Crippen LogP contribution in [0.4, 0.5) is 0 Å². The van der Waals surface area contributed by atoms with Gasteiger partial charge in [-0.25, -0.2) is 0 Å². The molecule has 0 amide bonds. The molecule has 23 heavy (non-hydrogen) atoms. The first-order valence-corrected chi connectivity index (χ1v) is 9.68. The number of carboxylic acids is 1. The molecule has 5 nitrogen and oxygen atoms in total. The highest BCUT2D eigenvalue weighted by Gasteiger charge is 2.20. The molecule has 0 saturated carbocycles. The maximum Gasteiger partial charge on any atom is 0.339 e. The van der Waals surface area contributed by atoms with Gasteiger partial charge in [-0.2, -0.15) is 8.42 Å². The summed E-state index contributed by atoms with van der Waals surface area (Å²) in [5.74, 6) is -1.25. The zero-order valence-electron chi connectivity index (χ0n) is 11.5. The summed E-state index contributed by atoms with van der Waals surface area (Å²) in [5, 5.41) is 10.9. The minimum absolute atomic E-state index is 0.00122. The normalized spacial score (nSPS) is 11.0. The van der Waals surface area contributed by atoms with Gasteiger partial charge >= 0.3 is 10.1 Å². The van der Waals surface area contributed by atoms with E-state index in [1.807, 2.05) is 45.2 Å². The summed E-state index contributed by atoms with van der Waals surface area (Å²) in [6, 6.07) is 8.65. The molecular weight excluding hydrogens is 546 g/mol. The largest absolute Gasteiger partial charge is 0.545 e. The van der Waals surface area contributed by atoms with Gasteiger partial charge in [0.1, 0.15) is 4.90 Å². The third kappa shape index (κ3) is 4.23. The second-order valence-corrected chi connectivity index (χ2v) is 8.24. The van der Waals surface area contributed by atoms with E-state index in [1.54, 1.807) is 18.2 Å². The van der Waals surface area contributed by atoms with Gasteiger partial charge in [0.05, 0.1) is 13.1 Å². The topological polar surface area (TPSA) is 83.5 Å². The maximum atomic E-state index is 12.3. The van der Waals surface area contributed by atoms with Gasteiger partial charge in [-0.15, -0.1) is 0 Å². The van der Waals surface area contributed by atoms with Crippen LogP contribution in [0.15, 0.2) is 47.9 Å². The smallest absolute Gasteiger partial charge is 0.339 e. The summed E-state index contributed by atoms with van der Waals surface area (Å²) in [6.45, 7) is 3.60. The lowest BCUT2D eigenvalue weighted by atomic mass is 10.2. The molecular formula is C15H9I2O5S-. The van der Waals surface area contributed by atoms with Crippen LogP contribution in [0.3, 0.4) is 0 Å². The van der Waals surface area contributed by atoms with Gasteiger partial charge in [-0.1, -0.05) is 24.8 Å². The summed E-state index contributed by atoms with van der Waals surface area (Å²) in [5.41, 5.74) is 0.741. The van der Waals surface area contributed by atoms with Crippen LogP contribution in [0.5, 0.6) is 5.75 Å². The number of aromatic carboxylic acids is 1. The van der Waals surface area contributed by atoms with Crippen molar-refractivity contribution in [2.24, 2.45) is 0 Å². The van der Waals surface area contributed by atoms with Gasteiger partial charge in [0.15, 0.2) is 5.75 Å². The predicted octanol–water partition coefficient (Wildman–Crippen LogP) is 2.67. The zero-order valence-corrected chi connectivity index (χ0v) is 16.6. The molecule has 2 rings (SSSR count). The minimum Gasteiger partial charge on any atom is -0.545 e. The van der Waals surface area contributed by atoms with E-state index in [-0.39, 0.29) is 16.2 Å². The highest BCUT2D eigenvalue weighted by Crippen LogP contribution is 2.31.